The quantitative estimate of drug-likeness (QED) is 0.885. The van der Waals surface area contributed by atoms with Crippen LogP contribution >= 0.6 is 0 Å². The van der Waals surface area contributed by atoms with Gasteiger partial charge in [0.15, 0.2) is 0 Å². The van der Waals surface area contributed by atoms with Crippen molar-refractivity contribution in [3.63, 3.8) is 0 Å². The van der Waals surface area contributed by atoms with Crippen LogP contribution in [0.4, 0.5) is 0 Å². The molecule has 1 N–H and O–H groups in total. The van der Waals surface area contributed by atoms with E-state index in [0.717, 1.165) is 16.9 Å². The molecular formula is C17H21N3O3. The van der Waals surface area contributed by atoms with Crippen LogP contribution < -0.4 is 10.1 Å². The molecule has 1 aromatic heterocycles. The second kappa shape index (κ2) is 6.83. The van der Waals surface area contributed by atoms with E-state index in [4.69, 9.17) is 9.47 Å². The van der Waals surface area contributed by atoms with E-state index in [0.29, 0.717) is 37.8 Å². The lowest BCUT2D eigenvalue weighted by Crippen LogP contribution is -2.22. The van der Waals surface area contributed by atoms with Crippen molar-refractivity contribution in [3.05, 3.63) is 47.3 Å². The van der Waals surface area contributed by atoms with Crippen molar-refractivity contribution in [1.82, 2.24) is 15.1 Å². The molecule has 2 heterocycles. The Morgan fingerprint density at radius 2 is 2.39 bits per heavy atom. The fraction of sp³-hybridized carbons (Fsp3) is 0.412. The van der Waals surface area contributed by atoms with Gasteiger partial charge in [0.1, 0.15) is 5.75 Å². The molecule has 122 valence electrons. The lowest BCUT2D eigenvalue weighted by Gasteiger charge is -2.06. The van der Waals surface area contributed by atoms with Gasteiger partial charge in [-0.2, -0.15) is 5.10 Å². The van der Waals surface area contributed by atoms with Crippen LogP contribution in [0.25, 0.3) is 0 Å². The molecule has 23 heavy (non-hydrogen) atoms. The van der Waals surface area contributed by atoms with Crippen molar-refractivity contribution >= 4 is 5.91 Å². The molecule has 1 amide bonds. The topological polar surface area (TPSA) is 65.4 Å². The van der Waals surface area contributed by atoms with Crippen LogP contribution in [0.2, 0.25) is 0 Å². The minimum Gasteiger partial charge on any atom is -0.493 e. The highest BCUT2D eigenvalue weighted by Crippen LogP contribution is 2.33. The first-order valence-corrected chi connectivity index (χ1v) is 7.72. The molecule has 1 aliphatic rings. The summed E-state index contributed by atoms with van der Waals surface area (Å²) in [7, 11) is 1.66. The summed E-state index contributed by atoms with van der Waals surface area (Å²) in [6.45, 7) is 4.55. The minimum atomic E-state index is -0.0865. The lowest BCUT2D eigenvalue weighted by molar-refractivity contribution is 0.0951. The minimum absolute atomic E-state index is 0.0865. The van der Waals surface area contributed by atoms with Crippen LogP contribution in [0, 0.1) is 0 Å². The van der Waals surface area contributed by atoms with E-state index in [1.807, 2.05) is 18.3 Å². The molecule has 0 aliphatic carbocycles. The van der Waals surface area contributed by atoms with Gasteiger partial charge in [0, 0.05) is 42.5 Å². The Labute approximate surface area is 135 Å². The van der Waals surface area contributed by atoms with Crippen molar-refractivity contribution in [2.75, 3.05) is 20.3 Å². The number of rotatable bonds is 6. The lowest BCUT2D eigenvalue weighted by atomic mass is 10.0. The third-order valence-corrected chi connectivity index (χ3v) is 3.96. The number of aromatic nitrogens is 2. The number of hydrogen-bond acceptors (Lipinski definition) is 4. The zero-order valence-corrected chi connectivity index (χ0v) is 13.4. The maximum Gasteiger partial charge on any atom is 0.251 e. The molecule has 0 saturated heterocycles. The molecule has 6 heteroatoms. The van der Waals surface area contributed by atoms with Crippen LogP contribution in [0.5, 0.6) is 5.75 Å². The van der Waals surface area contributed by atoms with E-state index >= 15 is 0 Å². The Morgan fingerprint density at radius 3 is 3.22 bits per heavy atom. The zero-order chi connectivity index (χ0) is 16.2. The summed E-state index contributed by atoms with van der Waals surface area (Å²) < 4.78 is 12.4. The van der Waals surface area contributed by atoms with Crippen LogP contribution in [-0.2, 0) is 17.8 Å². The van der Waals surface area contributed by atoms with Gasteiger partial charge in [-0.05, 0) is 18.2 Å². The molecular weight excluding hydrogens is 294 g/mol. The van der Waals surface area contributed by atoms with Gasteiger partial charge in [-0.1, -0.05) is 6.92 Å². The van der Waals surface area contributed by atoms with Crippen molar-refractivity contribution in [3.8, 4) is 5.75 Å². The van der Waals surface area contributed by atoms with Crippen LogP contribution in [-0.4, -0.2) is 36.0 Å². The van der Waals surface area contributed by atoms with Gasteiger partial charge in [0.25, 0.3) is 5.91 Å². The highest BCUT2D eigenvalue weighted by atomic mass is 16.5. The average Bonchev–Trinajstić information content (AvgIpc) is 3.17. The van der Waals surface area contributed by atoms with E-state index in [9.17, 15) is 4.79 Å². The largest absolute Gasteiger partial charge is 0.493 e. The van der Waals surface area contributed by atoms with E-state index < -0.39 is 0 Å². The summed E-state index contributed by atoms with van der Waals surface area (Å²) in [5.74, 6) is 1.13. The molecule has 1 atom stereocenters. The summed E-state index contributed by atoms with van der Waals surface area (Å²) in [4.78, 5) is 12.3. The van der Waals surface area contributed by atoms with Gasteiger partial charge in [0.2, 0.25) is 0 Å². The Bertz CT molecular complexity index is 696. The Balaban J connectivity index is 1.59. The molecule has 1 unspecified atom stereocenters. The standard InChI is InChI=1S/C17H21N3O3/c1-12-11-23-16-4-3-14(7-15(12)16)17(21)18-8-13-9-19-20(10-13)5-6-22-2/h3-4,7,9-10,12H,5-6,8,11H2,1-2H3,(H,18,21). The van der Waals surface area contributed by atoms with E-state index in [2.05, 4.69) is 17.3 Å². The van der Waals surface area contributed by atoms with E-state index in [-0.39, 0.29) is 5.91 Å². The molecule has 3 rings (SSSR count). The fourth-order valence-corrected chi connectivity index (χ4v) is 2.60. The second-order valence-corrected chi connectivity index (χ2v) is 5.75. The highest BCUT2D eigenvalue weighted by molar-refractivity contribution is 5.94. The first kappa shape index (κ1) is 15.6. The Hall–Kier alpha value is -2.34. The number of ether oxygens (including phenoxy) is 2. The summed E-state index contributed by atoms with van der Waals surface area (Å²) in [5.41, 5.74) is 2.73. The molecule has 0 spiro atoms. The predicted octanol–water partition coefficient (Wildman–Crippen LogP) is 1.96. The Kier molecular flexibility index (Phi) is 4.62. The van der Waals surface area contributed by atoms with E-state index in [1.54, 1.807) is 24.1 Å². The van der Waals surface area contributed by atoms with Gasteiger partial charge < -0.3 is 14.8 Å². The third kappa shape index (κ3) is 3.53. The summed E-state index contributed by atoms with van der Waals surface area (Å²) in [6.07, 6.45) is 3.67. The van der Waals surface area contributed by atoms with Crippen LogP contribution in [0.3, 0.4) is 0 Å². The molecule has 0 bridgehead atoms. The Morgan fingerprint density at radius 1 is 1.52 bits per heavy atom. The molecule has 2 aromatic rings. The first-order valence-electron chi connectivity index (χ1n) is 7.72. The molecule has 6 nitrogen and oxygen atoms in total. The maximum absolute atomic E-state index is 12.3. The van der Waals surface area contributed by atoms with Crippen molar-refractivity contribution in [1.29, 1.82) is 0 Å². The van der Waals surface area contributed by atoms with Gasteiger partial charge in [-0.3, -0.25) is 9.48 Å². The SMILES string of the molecule is COCCn1cc(CNC(=O)c2ccc3c(c2)C(C)CO3)cn1. The number of fused-ring (bicyclic) bond motifs is 1. The normalized spacial score (nSPS) is 16.0. The smallest absolute Gasteiger partial charge is 0.251 e. The predicted molar refractivity (Wildman–Crippen MR) is 85.6 cm³/mol. The number of carbonyl (C=O) groups excluding carboxylic acids is 1. The monoisotopic (exact) mass is 315 g/mol. The summed E-state index contributed by atoms with van der Waals surface area (Å²) in [5, 5.41) is 7.16. The number of carbonyl (C=O) groups is 1. The number of amides is 1. The molecule has 0 saturated carbocycles. The highest BCUT2D eigenvalue weighted by Gasteiger charge is 2.21. The van der Waals surface area contributed by atoms with Gasteiger partial charge in [-0.15, -0.1) is 0 Å². The zero-order valence-electron chi connectivity index (χ0n) is 13.4. The molecule has 0 radical (unpaired) electrons. The van der Waals surface area contributed by atoms with Crippen LogP contribution in [0.15, 0.2) is 30.6 Å². The van der Waals surface area contributed by atoms with Crippen molar-refractivity contribution < 1.29 is 14.3 Å². The van der Waals surface area contributed by atoms with Crippen molar-refractivity contribution in [2.24, 2.45) is 0 Å². The third-order valence-electron chi connectivity index (χ3n) is 3.96. The van der Waals surface area contributed by atoms with Crippen LogP contribution in [0.1, 0.15) is 34.3 Å². The number of benzene rings is 1. The molecule has 1 aliphatic heterocycles. The van der Waals surface area contributed by atoms with Gasteiger partial charge >= 0.3 is 0 Å². The second-order valence-electron chi connectivity index (χ2n) is 5.75. The number of nitrogens with one attached hydrogen (secondary N) is 1. The summed E-state index contributed by atoms with van der Waals surface area (Å²) in [6, 6.07) is 5.59. The average molecular weight is 315 g/mol. The number of hydrogen-bond donors (Lipinski definition) is 1. The van der Waals surface area contributed by atoms with Gasteiger partial charge in [-0.25, -0.2) is 0 Å². The molecule has 0 fully saturated rings. The maximum atomic E-state index is 12.3. The number of methoxy groups -OCH3 is 1. The van der Waals surface area contributed by atoms with Crippen molar-refractivity contribution in [2.45, 2.75) is 25.9 Å². The summed E-state index contributed by atoms with van der Waals surface area (Å²) >= 11 is 0. The fourth-order valence-electron chi connectivity index (χ4n) is 2.60. The molecule has 1 aromatic carbocycles. The van der Waals surface area contributed by atoms with Gasteiger partial charge in [0.05, 0.1) is 26.0 Å². The van der Waals surface area contributed by atoms with E-state index in [1.165, 1.54) is 0 Å². The number of nitrogens with zero attached hydrogens (tertiary/aromatic N) is 2. The first-order chi connectivity index (χ1) is 11.2.